The summed E-state index contributed by atoms with van der Waals surface area (Å²) in [6.07, 6.45) is 0. The van der Waals surface area contributed by atoms with Crippen molar-refractivity contribution >= 4 is 23.2 Å². The maximum atomic E-state index is 11.9. The zero-order chi connectivity index (χ0) is 18.2. The standard InChI is InChI=1S/C19H23N3O3/c1-14-6-4-5-7-17(14)25-13-19(24)20-12-18(23)21-15-8-10-16(11-9-15)22(2)3/h4-11H,12-13H2,1-3H3,(H,20,24)(H,21,23). The minimum atomic E-state index is -0.346. The van der Waals surface area contributed by atoms with Crippen molar-refractivity contribution < 1.29 is 14.3 Å². The summed E-state index contributed by atoms with van der Waals surface area (Å²) in [6.45, 7) is 1.67. The summed E-state index contributed by atoms with van der Waals surface area (Å²) in [6, 6.07) is 14.9. The minimum absolute atomic E-state index is 0.106. The van der Waals surface area contributed by atoms with Gasteiger partial charge in [0.25, 0.3) is 5.91 Å². The van der Waals surface area contributed by atoms with Crippen LogP contribution in [0.4, 0.5) is 11.4 Å². The maximum Gasteiger partial charge on any atom is 0.258 e. The monoisotopic (exact) mass is 341 g/mol. The van der Waals surface area contributed by atoms with Crippen molar-refractivity contribution in [1.82, 2.24) is 5.32 Å². The van der Waals surface area contributed by atoms with Crippen molar-refractivity contribution in [1.29, 1.82) is 0 Å². The Balaban J connectivity index is 1.74. The van der Waals surface area contributed by atoms with Gasteiger partial charge in [0.2, 0.25) is 5.91 Å². The van der Waals surface area contributed by atoms with Crippen LogP contribution in [0.5, 0.6) is 5.75 Å². The van der Waals surface area contributed by atoms with Gasteiger partial charge in [0.15, 0.2) is 6.61 Å². The fourth-order valence-corrected chi connectivity index (χ4v) is 2.14. The lowest BCUT2D eigenvalue weighted by Crippen LogP contribution is -2.35. The number of nitrogens with one attached hydrogen (secondary N) is 2. The van der Waals surface area contributed by atoms with Gasteiger partial charge in [-0.05, 0) is 42.8 Å². The second-order valence-electron chi connectivity index (χ2n) is 5.82. The number of nitrogens with zero attached hydrogens (tertiary/aromatic N) is 1. The first-order valence-corrected chi connectivity index (χ1v) is 7.98. The molecule has 0 spiro atoms. The third-order valence-corrected chi connectivity index (χ3v) is 3.57. The Morgan fingerprint density at radius 1 is 1.00 bits per heavy atom. The summed E-state index contributed by atoms with van der Waals surface area (Å²) in [5.74, 6) is 0.0197. The SMILES string of the molecule is Cc1ccccc1OCC(=O)NCC(=O)Nc1ccc(N(C)C)cc1. The van der Waals surface area contributed by atoms with Gasteiger partial charge in [-0.2, -0.15) is 0 Å². The van der Waals surface area contributed by atoms with Gasteiger partial charge in [-0.15, -0.1) is 0 Å². The van der Waals surface area contributed by atoms with E-state index in [9.17, 15) is 9.59 Å². The van der Waals surface area contributed by atoms with E-state index in [0.717, 1.165) is 11.3 Å². The predicted octanol–water partition coefficient (Wildman–Crippen LogP) is 2.19. The number of ether oxygens (including phenoxy) is 1. The molecule has 0 aliphatic carbocycles. The second kappa shape index (κ2) is 8.73. The number of para-hydroxylation sites is 1. The summed E-state index contributed by atoms with van der Waals surface area (Å²) in [7, 11) is 3.89. The van der Waals surface area contributed by atoms with E-state index < -0.39 is 0 Å². The summed E-state index contributed by atoms with van der Waals surface area (Å²) in [4.78, 5) is 25.6. The average Bonchev–Trinajstić information content (AvgIpc) is 2.59. The van der Waals surface area contributed by atoms with Crippen LogP contribution >= 0.6 is 0 Å². The van der Waals surface area contributed by atoms with Crippen molar-refractivity contribution in [3.63, 3.8) is 0 Å². The van der Waals surface area contributed by atoms with Crippen LogP contribution in [0.1, 0.15) is 5.56 Å². The van der Waals surface area contributed by atoms with Gasteiger partial charge in [0.05, 0.1) is 6.54 Å². The smallest absolute Gasteiger partial charge is 0.258 e. The molecule has 0 saturated carbocycles. The Labute approximate surface area is 147 Å². The molecule has 0 fully saturated rings. The summed E-state index contributed by atoms with van der Waals surface area (Å²) >= 11 is 0. The zero-order valence-electron chi connectivity index (χ0n) is 14.7. The molecule has 6 heteroatoms. The van der Waals surface area contributed by atoms with Crippen molar-refractivity contribution in [3.8, 4) is 5.75 Å². The highest BCUT2D eigenvalue weighted by Gasteiger charge is 2.08. The highest BCUT2D eigenvalue weighted by Crippen LogP contribution is 2.16. The Kier molecular flexibility index (Phi) is 6.39. The van der Waals surface area contributed by atoms with Crippen LogP contribution < -0.4 is 20.3 Å². The average molecular weight is 341 g/mol. The number of aryl methyl sites for hydroxylation is 1. The van der Waals surface area contributed by atoms with Crippen molar-refractivity contribution in [3.05, 3.63) is 54.1 Å². The molecule has 2 amide bonds. The summed E-state index contributed by atoms with van der Waals surface area (Å²) < 4.78 is 5.44. The summed E-state index contributed by atoms with van der Waals surface area (Å²) in [5, 5.41) is 5.27. The van der Waals surface area contributed by atoms with Gasteiger partial charge in [-0.1, -0.05) is 18.2 Å². The lowest BCUT2D eigenvalue weighted by atomic mass is 10.2. The second-order valence-corrected chi connectivity index (χ2v) is 5.82. The molecule has 0 aromatic heterocycles. The lowest BCUT2D eigenvalue weighted by Gasteiger charge is -2.13. The van der Waals surface area contributed by atoms with Gasteiger partial charge in [0, 0.05) is 25.5 Å². The van der Waals surface area contributed by atoms with Crippen molar-refractivity contribution in [2.24, 2.45) is 0 Å². The number of amides is 2. The molecule has 2 aromatic carbocycles. The third-order valence-electron chi connectivity index (χ3n) is 3.57. The molecule has 0 bridgehead atoms. The lowest BCUT2D eigenvalue weighted by molar-refractivity contribution is -0.125. The van der Waals surface area contributed by atoms with E-state index >= 15 is 0 Å². The number of hydrogen-bond acceptors (Lipinski definition) is 4. The van der Waals surface area contributed by atoms with Gasteiger partial charge >= 0.3 is 0 Å². The molecule has 2 rings (SSSR count). The number of benzene rings is 2. The zero-order valence-corrected chi connectivity index (χ0v) is 14.7. The Morgan fingerprint density at radius 3 is 2.32 bits per heavy atom. The van der Waals surface area contributed by atoms with E-state index in [0.29, 0.717) is 11.4 Å². The molecule has 132 valence electrons. The number of rotatable bonds is 7. The molecule has 0 saturated heterocycles. The fraction of sp³-hybridized carbons (Fsp3) is 0.263. The molecular weight excluding hydrogens is 318 g/mol. The van der Waals surface area contributed by atoms with E-state index in [4.69, 9.17) is 4.74 Å². The first kappa shape index (κ1) is 18.3. The van der Waals surface area contributed by atoms with Crippen LogP contribution in [-0.4, -0.2) is 39.1 Å². The molecule has 0 radical (unpaired) electrons. The number of carbonyl (C=O) groups excluding carboxylic acids is 2. The Hall–Kier alpha value is -3.02. The minimum Gasteiger partial charge on any atom is -0.484 e. The first-order valence-electron chi connectivity index (χ1n) is 7.98. The first-order chi connectivity index (χ1) is 12.0. The summed E-state index contributed by atoms with van der Waals surface area (Å²) in [5.41, 5.74) is 2.68. The topological polar surface area (TPSA) is 70.7 Å². The van der Waals surface area contributed by atoms with Gasteiger partial charge in [0.1, 0.15) is 5.75 Å². The van der Waals surface area contributed by atoms with Gasteiger partial charge in [-0.3, -0.25) is 9.59 Å². The van der Waals surface area contributed by atoms with Crippen LogP contribution in [0.15, 0.2) is 48.5 Å². The van der Waals surface area contributed by atoms with E-state index in [2.05, 4.69) is 10.6 Å². The van der Waals surface area contributed by atoms with E-state index in [1.165, 1.54) is 0 Å². The molecule has 0 atom stereocenters. The maximum absolute atomic E-state index is 11.9. The molecular formula is C19H23N3O3. The van der Waals surface area contributed by atoms with Crippen LogP contribution in [0, 0.1) is 6.92 Å². The van der Waals surface area contributed by atoms with Crippen LogP contribution in [0.3, 0.4) is 0 Å². The Morgan fingerprint density at radius 2 is 1.68 bits per heavy atom. The molecule has 6 nitrogen and oxygen atoms in total. The quantitative estimate of drug-likeness (QED) is 0.810. The van der Waals surface area contributed by atoms with Gasteiger partial charge in [-0.25, -0.2) is 0 Å². The van der Waals surface area contributed by atoms with Crippen molar-refractivity contribution in [2.45, 2.75) is 6.92 Å². The highest BCUT2D eigenvalue weighted by molar-refractivity contribution is 5.94. The van der Waals surface area contributed by atoms with Crippen LogP contribution in [0.25, 0.3) is 0 Å². The molecule has 0 heterocycles. The molecule has 0 aliphatic heterocycles. The van der Waals surface area contributed by atoms with Crippen LogP contribution in [-0.2, 0) is 9.59 Å². The number of anilines is 2. The molecule has 0 unspecified atom stereocenters. The van der Waals surface area contributed by atoms with Gasteiger partial charge < -0.3 is 20.3 Å². The van der Waals surface area contributed by atoms with E-state index in [1.54, 1.807) is 6.07 Å². The molecule has 2 aromatic rings. The highest BCUT2D eigenvalue weighted by atomic mass is 16.5. The Bertz CT molecular complexity index is 727. The van der Waals surface area contributed by atoms with Crippen molar-refractivity contribution in [2.75, 3.05) is 37.5 Å². The fourth-order valence-electron chi connectivity index (χ4n) is 2.14. The molecule has 25 heavy (non-hydrogen) atoms. The van der Waals surface area contributed by atoms with Crippen LogP contribution in [0.2, 0.25) is 0 Å². The largest absolute Gasteiger partial charge is 0.484 e. The van der Waals surface area contributed by atoms with E-state index in [-0.39, 0.29) is 25.0 Å². The normalized spacial score (nSPS) is 10.0. The molecule has 0 aliphatic rings. The number of carbonyl (C=O) groups is 2. The molecule has 2 N–H and O–H groups in total. The third kappa shape index (κ3) is 5.84. The predicted molar refractivity (Wildman–Crippen MR) is 99.1 cm³/mol. The van der Waals surface area contributed by atoms with E-state index in [1.807, 2.05) is 68.4 Å². The number of hydrogen-bond donors (Lipinski definition) is 2.